The molecule has 0 bridgehead atoms. The Bertz CT molecular complexity index is 457. The third kappa shape index (κ3) is 4.72. The number of rotatable bonds is 6. The maximum absolute atomic E-state index is 12.3. The highest BCUT2D eigenvalue weighted by Gasteiger charge is 2.21. The lowest BCUT2D eigenvalue weighted by Gasteiger charge is -2.34. The van der Waals surface area contributed by atoms with Gasteiger partial charge in [0.1, 0.15) is 5.75 Å². The van der Waals surface area contributed by atoms with Crippen LogP contribution in [0.25, 0.3) is 0 Å². The van der Waals surface area contributed by atoms with E-state index in [9.17, 15) is 9.90 Å². The van der Waals surface area contributed by atoms with Crippen molar-refractivity contribution in [3.05, 3.63) is 29.8 Å². The van der Waals surface area contributed by atoms with Crippen LogP contribution in [0.2, 0.25) is 0 Å². The first kappa shape index (κ1) is 15.8. The number of carbonyl (C=O) groups is 1. The molecule has 1 aliphatic rings. The van der Waals surface area contributed by atoms with Crippen LogP contribution >= 0.6 is 0 Å². The van der Waals surface area contributed by atoms with E-state index in [-0.39, 0.29) is 18.1 Å². The summed E-state index contributed by atoms with van der Waals surface area (Å²) < 4.78 is 0. The van der Waals surface area contributed by atoms with Gasteiger partial charge in [0, 0.05) is 31.7 Å². The molecule has 0 spiro atoms. The number of nitrogens with two attached hydrogens (primary N) is 1. The molecule has 1 amide bonds. The fraction of sp³-hybridized carbons (Fsp3) is 0.562. The fourth-order valence-electron chi connectivity index (χ4n) is 2.64. The first-order chi connectivity index (χ1) is 10.2. The molecule has 1 aliphatic heterocycles. The summed E-state index contributed by atoms with van der Waals surface area (Å²) >= 11 is 0. The number of unbranched alkanes of at least 4 members (excludes halogenated alkanes) is 1. The van der Waals surface area contributed by atoms with Gasteiger partial charge in [-0.2, -0.15) is 0 Å². The van der Waals surface area contributed by atoms with E-state index < -0.39 is 0 Å². The molecule has 0 aliphatic carbocycles. The summed E-state index contributed by atoms with van der Waals surface area (Å²) in [6.45, 7) is 5.22. The van der Waals surface area contributed by atoms with Crippen molar-refractivity contribution < 1.29 is 9.90 Å². The molecule has 5 nitrogen and oxygen atoms in total. The molecule has 1 aromatic rings. The van der Waals surface area contributed by atoms with E-state index in [1.807, 2.05) is 11.0 Å². The van der Waals surface area contributed by atoms with Crippen molar-refractivity contribution in [3.63, 3.8) is 0 Å². The Morgan fingerprint density at radius 3 is 2.52 bits per heavy atom. The van der Waals surface area contributed by atoms with Gasteiger partial charge in [0.05, 0.1) is 6.42 Å². The van der Waals surface area contributed by atoms with Gasteiger partial charge in [-0.3, -0.25) is 9.69 Å². The highest BCUT2D eigenvalue weighted by Crippen LogP contribution is 2.17. The third-order valence-corrected chi connectivity index (χ3v) is 3.99. The van der Waals surface area contributed by atoms with Crippen LogP contribution in [-0.4, -0.2) is 60.1 Å². The normalized spacial score (nSPS) is 16.1. The van der Waals surface area contributed by atoms with Gasteiger partial charge < -0.3 is 15.7 Å². The summed E-state index contributed by atoms with van der Waals surface area (Å²) in [5, 5.41) is 9.73. The molecule has 2 rings (SSSR count). The third-order valence-electron chi connectivity index (χ3n) is 3.99. The Kier molecular flexibility index (Phi) is 6.02. The first-order valence-electron chi connectivity index (χ1n) is 7.68. The minimum Gasteiger partial charge on any atom is -0.508 e. The number of phenolic OH excluding ortho intramolecular Hbond substituents is 1. The second kappa shape index (κ2) is 8.00. The number of hydrogen-bond donors (Lipinski definition) is 2. The lowest BCUT2D eigenvalue weighted by atomic mass is 10.1. The molecule has 1 saturated heterocycles. The number of carbonyl (C=O) groups excluding carboxylic acids is 1. The molecule has 0 aromatic heterocycles. The van der Waals surface area contributed by atoms with E-state index in [1.54, 1.807) is 18.2 Å². The minimum atomic E-state index is 0.0955. The van der Waals surface area contributed by atoms with Gasteiger partial charge in [0.2, 0.25) is 5.91 Å². The maximum atomic E-state index is 12.3. The smallest absolute Gasteiger partial charge is 0.227 e. The van der Waals surface area contributed by atoms with Gasteiger partial charge in [-0.1, -0.05) is 18.2 Å². The van der Waals surface area contributed by atoms with Crippen LogP contribution in [-0.2, 0) is 11.2 Å². The van der Waals surface area contributed by atoms with Crippen LogP contribution in [0.4, 0.5) is 0 Å². The number of benzene rings is 1. The van der Waals surface area contributed by atoms with Crippen LogP contribution in [0.15, 0.2) is 24.3 Å². The topological polar surface area (TPSA) is 69.8 Å². The molecule has 3 N–H and O–H groups in total. The van der Waals surface area contributed by atoms with Gasteiger partial charge in [-0.25, -0.2) is 0 Å². The Balaban J connectivity index is 1.77. The molecule has 1 fully saturated rings. The SMILES string of the molecule is NCCCCN1CCN(C(=O)Cc2ccccc2O)CC1. The number of phenols is 1. The number of nitrogens with zero attached hydrogens (tertiary/aromatic N) is 2. The van der Waals surface area contributed by atoms with Crippen LogP contribution in [0.3, 0.4) is 0 Å². The molecular weight excluding hydrogens is 266 g/mol. The second-order valence-corrected chi connectivity index (χ2v) is 5.52. The standard InChI is InChI=1S/C16H25N3O2/c17-7-3-4-8-18-9-11-19(12-10-18)16(21)13-14-5-1-2-6-15(14)20/h1-2,5-6,20H,3-4,7-13,17H2. The summed E-state index contributed by atoms with van der Waals surface area (Å²) in [6.07, 6.45) is 2.47. The van der Waals surface area contributed by atoms with E-state index in [0.29, 0.717) is 5.56 Å². The van der Waals surface area contributed by atoms with E-state index in [4.69, 9.17) is 5.73 Å². The Labute approximate surface area is 126 Å². The highest BCUT2D eigenvalue weighted by atomic mass is 16.3. The minimum absolute atomic E-state index is 0.0955. The molecule has 0 radical (unpaired) electrons. The van der Waals surface area contributed by atoms with Crippen LogP contribution in [0.5, 0.6) is 5.75 Å². The van der Waals surface area contributed by atoms with Crippen LogP contribution in [0.1, 0.15) is 18.4 Å². The van der Waals surface area contributed by atoms with Crippen molar-refractivity contribution in [3.8, 4) is 5.75 Å². The number of para-hydroxylation sites is 1. The van der Waals surface area contributed by atoms with Gasteiger partial charge in [-0.05, 0) is 32.0 Å². The van der Waals surface area contributed by atoms with Crippen molar-refractivity contribution in [2.75, 3.05) is 39.3 Å². The summed E-state index contributed by atoms with van der Waals surface area (Å²) in [5.41, 5.74) is 6.20. The van der Waals surface area contributed by atoms with Gasteiger partial charge in [0.25, 0.3) is 0 Å². The van der Waals surface area contributed by atoms with Crippen molar-refractivity contribution >= 4 is 5.91 Å². The molecule has 1 heterocycles. The molecule has 21 heavy (non-hydrogen) atoms. The van der Waals surface area contributed by atoms with E-state index in [0.717, 1.165) is 52.1 Å². The van der Waals surface area contributed by atoms with Crippen molar-refractivity contribution in [1.29, 1.82) is 0 Å². The van der Waals surface area contributed by atoms with Crippen molar-refractivity contribution in [1.82, 2.24) is 9.80 Å². The highest BCUT2D eigenvalue weighted by molar-refractivity contribution is 5.79. The van der Waals surface area contributed by atoms with Gasteiger partial charge >= 0.3 is 0 Å². The first-order valence-corrected chi connectivity index (χ1v) is 7.68. The maximum Gasteiger partial charge on any atom is 0.227 e. The second-order valence-electron chi connectivity index (χ2n) is 5.52. The predicted molar refractivity (Wildman–Crippen MR) is 83.1 cm³/mol. The van der Waals surface area contributed by atoms with Crippen molar-refractivity contribution in [2.24, 2.45) is 5.73 Å². The van der Waals surface area contributed by atoms with Gasteiger partial charge in [0.15, 0.2) is 0 Å². The average molecular weight is 291 g/mol. The van der Waals surface area contributed by atoms with Crippen molar-refractivity contribution in [2.45, 2.75) is 19.3 Å². The summed E-state index contributed by atoms with van der Waals surface area (Å²) in [7, 11) is 0. The zero-order valence-electron chi connectivity index (χ0n) is 12.5. The monoisotopic (exact) mass is 291 g/mol. The van der Waals surface area contributed by atoms with Gasteiger partial charge in [-0.15, -0.1) is 0 Å². The molecule has 0 unspecified atom stereocenters. The summed E-state index contributed by atoms with van der Waals surface area (Å²) in [4.78, 5) is 16.5. The molecule has 1 aromatic carbocycles. The summed E-state index contributed by atoms with van der Waals surface area (Å²) in [6, 6.07) is 7.04. The molecular formula is C16H25N3O2. The Morgan fingerprint density at radius 1 is 1.14 bits per heavy atom. The quantitative estimate of drug-likeness (QED) is 0.761. The largest absolute Gasteiger partial charge is 0.508 e. The average Bonchev–Trinajstić information content (AvgIpc) is 2.50. The molecule has 116 valence electrons. The molecule has 0 atom stereocenters. The summed E-state index contributed by atoms with van der Waals surface area (Å²) in [5.74, 6) is 0.296. The van der Waals surface area contributed by atoms with E-state index in [2.05, 4.69) is 4.90 Å². The van der Waals surface area contributed by atoms with Crippen LogP contribution < -0.4 is 5.73 Å². The lowest BCUT2D eigenvalue weighted by Crippen LogP contribution is -2.49. The lowest BCUT2D eigenvalue weighted by molar-refractivity contribution is -0.132. The number of amides is 1. The van der Waals surface area contributed by atoms with Crippen LogP contribution in [0, 0.1) is 0 Å². The number of aromatic hydroxyl groups is 1. The molecule has 0 saturated carbocycles. The van der Waals surface area contributed by atoms with E-state index >= 15 is 0 Å². The Hall–Kier alpha value is -1.59. The fourth-order valence-corrected chi connectivity index (χ4v) is 2.64. The van der Waals surface area contributed by atoms with E-state index in [1.165, 1.54) is 0 Å². The predicted octanol–water partition coefficient (Wildman–Crippen LogP) is 0.818. The Morgan fingerprint density at radius 2 is 1.86 bits per heavy atom. The zero-order valence-corrected chi connectivity index (χ0v) is 12.5. The number of hydrogen-bond acceptors (Lipinski definition) is 4. The number of piperazine rings is 1. The zero-order chi connectivity index (χ0) is 15.1. The molecule has 5 heteroatoms.